The number of anilines is 1. The van der Waals surface area contributed by atoms with Gasteiger partial charge in [0.05, 0.1) is 42.9 Å². The van der Waals surface area contributed by atoms with Crippen molar-refractivity contribution in [3.63, 3.8) is 0 Å². The van der Waals surface area contributed by atoms with Crippen molar-refractivity contribution in [2.45, 2.75) is 33.0 Å². The molecular formula is C26H30N6O5. The average Bonchev–Trinajstić information content (AvgIpc) is 3.53. The van der Waals surface area contributed by atoms with Crippen LogP contribution < -0.4 is 16.0 Å². The molecule has 3 N–H and O–H groups in total. The van der Waals surface area contributed by atoms with Gasteiger partial charge in [-0.15, -0.1) is 5.53 Å². The summed E-state index contributed by atoms with van der Waals surface area (Å²) in [4.78, 5) is 27.4. The van der Waals surface area contributed by atoms with Crippen molar-refractivity contribution in [3.8, 4) is 0 Å². The van der Waals surface area contributed by atoms with Gasteiger partial charge < -0.3 is 19.5 Å². The lowest BCUT2D eigenvalue weighted by Crippen LogP contribution is -2.40. The quantitative estimate of drug-likeness (QED) is 0.490. The number of hydrogen-bond acceptors (Lipinski definition) is 9. The molecule has 37 heavy (non-hydrogen) atoms. The second-order valence-corrected chi connectivity index (χ2v) is 9.85. The van der Waals surface area contributed by atoms with Gasteiger partial charge in [0.25, 0.3) is 5.91 Å². The standard InChI is InChI=1S/C26H30N6O5/c1-26(2,3)37-25(35)32-22-9-4-17(16-33)14-20(22)23(28-32)21-15-31(29-27-21)19-7-5-18(6-8-19)24(34)30-10-12-36-13-11-30/h4-9,14-15,27,29,33H,10-13,16H2,1-3H3. The van der Waals surface area contributed by atoms with Crippen LogP contribution in [0.1, 0.15) is 42.4 Å². The molecule has 1 aromatic heterocycles. The van der Waals surface area contributed by atoms with Gasteiger partial charge in [0.1, 0.15) is 11.3 Å². The average molecular weight is 507 g/mol. The summed E-state index contributed by atoms with van der Waals surface area (Å²) in [6.45, 7) is 7.54. The number of hydrogen-bond donors (Lipinski definition) is 3. The number of aliphatic hydroxyl groups excluding tert-OH is 1. The molecule has 5 rings (SSSR count). The molecule has 0 atom stereocenters. The number of nitrogens with zero attached hydrogens (tertiary/aromatic N) is 4. The molecule has 1 amide bonds. The number of rotatable bonds is 4. The van der Waals surface area contributed by atoms with Crippen LogP contribution in [0.3, 0.4) is 0 Å². The molecular weight excluding hydrogens is 476 g/mol. The Hall–Kier alpha value is -3.93. The Bertz CT molecular complexity index is 1350. The molecule has 1 fully saturated rings. The number of aromatic nitrogens is 2. The normalized spacial score (nSPS) is 16.1. The lowest BCUT2D eigenvalue weighted by atomic mass is 10.1. The molecule has 0 spiro atoms. The smallest absolute Gasteiger partial charge is 0.435 e. The Morgan fingerprint density at radius 2 is 1.84 bits per heavy atom. The molecule has 0 aliphatic carbocycles. The second kappa shape index (κ2) is 9.85. The highest BCUT2D eigenvalue weighted by molar-refractivity contribution is 5.96. The Morgan fingerprint density at radius 3 is 2.51 bits per heavy atom. The molecule has 2 aromatic carbocycles. The third-order valence-electron chi connectivity index (χ3n) is 6.01. The van der Waals surface area contributed by atoms with Crippen molar-refractivity contribution in [2.24, 2.45) is 0 Å². The minimum absolute atomic E-state index is 0.0163. The van der Waals surface area contributed by atoms with E-state index in [4.69, 9.17) is 9.47 Å². The van der Waals surface area contributed by atoms with Crippen LogP contribution in [-0.2, 0) is 16.1 Å². The lowest BCUT2D eigenvalue weighted by Gasteiger charge is -2.27. The molecule has 0 radical (unpaired) electrons. The molecule has 3 aromatic rings. The largest absolute Gasteiger partial charge is 0.442 e. The number of nitrogens with one attached hydrogen (secondary N) is 2. The molecule has 2 aliphatic heterocycles. The monoisotopic (exact) mass is 506 g/mol. The molecule has 0 bridgehead atoms. The first-order valence-electron chi connectivity index (χ1n) is 12.1. The maximum Gasteiger partial charge on any atom is 0.435 e. The molecule has 11 nitrogen and oxygen atoms in total. The van der Waals surface area contributed by atoms with E-state index in [1.165, 1.54) is 4.68 Å². The maximum atomic E-state index is 12.9. The molecule has 0 saturated carbocycles. The van der Waals surface area contributed by atoms with Gasteiger partial charge in [-0.05, 0) is 62.7 Å². The van der Waals surface area contributed by atoms with E-state index in [0.29, 0.717) is 59.7 Å². The van der Waals surface area contributed by atoms with E-state index in [1.807, 2.05) is 18.3 Å². The summed E-state index contributed by atoms with van der Waals surface area (Å²) in [6, 6.07) is 12.6. The van der Waals surface area contributed by atoms with Crippen LogP contribution in [0.5, 0.6) is 0 Å². The minimum Gasteiger partial charge on any atom is -0.442 e. The first-order valence-corrected chi connectivity index (χ1v) is 12.1. The number of morpholine rings is 1. The summed E-state index contributed by atoms with van der Waals surface area (Å²) in [6.07, 6.45) is 1.22. The Labute approximate surface area is 214 Å². The molecule has 3 heterocycles. The fourth-order valence-electron chi connectivity index (χ4n) is 4.19. The number of hydrazine groups is 2. The van der Waals surface area contributed by atoms with E-state index in [-0.39, 0.29) is 12.5 Å². The number of fused-ring (bicyclic) bond motifs is 1. The highest BCUT2D eigenvalue weighted by Gasteiger charge is 2.26. The summed E-state index contributed by atoms with van der Waals surface area (Å²) in [7, 11) is 0. The zero-order valence-corrected chi connectivity index (χ0v) is 21.0. The van der Waals surface area contributed by atoms with Crippen LogP contribution in [0.15, 0.2) is 48.7 Å². The van der Waals surface area contributed by atoms with Crippen molar-refractivity contribution in [1.82, 2.24) is 25.6 Å². The second-order valence-electron chi connectivity index (χ2n) is 9.85. The topological polar surface area (TPSA) is 121 Å². The third kappa shape index (κ3) is 5.15. The number of ether oxygens (including phenoxy) is 2. The van der Waals surface area contributed by atoms with Crippen molar-refractivity contribution in [3.05, 3.63) is 65.5 Å². The Kier molecular flexibility index (Phi) is 6.59. The molecule has 1 saturated heterocycles. The first kappa shape index (κ1) is 24.8. The first-order chi connectivity index (χ1) is 17.7. The van der Waals surface area contributed by atoms with E-state index in [9.17, 15) is 14.7 Å². The van der Waals surface area contributed by atoms with Crippen LogP contribution in [0, 0.1) is 0 Å². The summed E-state index contributed by atoms with van der Waals surface area (Å²) < 4.78 is 12.1. The van der Waals surface area contributed by atoms with Crippen LogP contribution >= 0.6 is 0 Å². The number of carbonyl (C=O) groups is 2. The fourth-order valence-corrected chi connectivity index (χ4v) is 4.19. The van der Waals surface area contributed by atoms with E-state index >= 15 is 0 Å². The van der Waals surface area contributed by atoms with Crippen molar-refractivity contribution in [1.29, 1.82) is 0 Å². The van der Waals surface area contributed by atoms with Gasteiger partial charge in [-0.1, -0.05) is 6.07 Å². The van der Waals surface area contributed by atoms with Crippen LogP contribution in [0.2, 0.25) is 0 Å². The summed E-state index contributed by atoms with van der Waals surface area (Å²) >= 11 is 0. The number of aliphatic hydroxyl groups is 1. The molecule has 11 heteroatoms. The van der Waals surface area contributed by atoms with Crippen molar-refractivity contribution < 1.29 is 24.2 Å². The fraction of sp³-hybridized carbons (Fsp3) is 0.346. The van der Waals surface area contributed by atoms with Gasteiger partial charge in [-0.25, -0.2) is 4.79 Å². The molecule has 2 aliphatic rings. The van der Waals surface area contributed by atoms with Crippen LogP contribution in [-0.4, -0.2) is 63.7 Å². The summed E-state index contributed by atoms with van der Waals surface area (Å²) in [5.74, 6) is -0.0163. The highest BCUT2D eigenvalue weighted by atomic mass is 16.6. The minimum atomic E-state index is -0.681. The predicted molar refractivity (Wildman–Crippen MR) is 137 cm³/mol. The lowest BCUT2D eigenvalue weighted by molar-refractivity contribution is 0.0303. The summed E-state index contributed by atoms with van der Waals surface area (Å²) in [5, 5.41) is 16.6. The van der Waals surface area contributed by atoms with Gasteiger partial charge >= 0.3 is 6.09 Å². The van der Waals surface area contributed by atoms with Crippen molar-refractivity contribution >= 4 is 34.3 Å². The Morgan fingerprint density at radius 1 is 1.11 bits per heavy atom. The zero-order valence-electron chi connectivity index (χ0n) is 21.0. The maximum absolute atomic E-state index is 12.9. The number of benzene rings is 2. The van der Waals surface area contributed by atoms with E-state index in [1.54, 1.807) is 61.0 Å². The van der Waals surface area contributed by atoms with Crippen LogP contribution in [0.25, 0.3) is 16.6 Å². The van der Waals surface area contributed by atoms with E-state index < -0.39 is 11.7 Å². The Balaban J connectivity index is 1.42. The van der Waals surface area contributed by atoms with Gasteiger partial charge in [-0.3, -0.25) is 15.2 Å². The molecule has 194 valence electrons. The highest BCUT2D eigenvalue weighted by Crippen LogP contribution is 2.28. The SMILES string of the molecule is CC(C)(C)OC(=O)n1nc(C2=CN(c3ccc(C(=O)N4CCOCC4)cc3)NN2)c2cc(CO)ccc21. The summed E-state index contributed by atoms with van der Waals surface area (Å²) in [5.41, 5.74) is 9.29. The van der Waals surface area contributed by atoms with E-state index in [0.717, 1.165) is 5.69 Å². The van der Waals surface area contributed by atoms with Gasteiger partial charge in [0, 0.05) is 24.0 Å². The van der Waals surface area contributed by atoms with E-state index in [2.05, 4.69) is 16.1 Å². The van der Waals surface area contributed by atoms with Gasteiger partial charge in [0.2, 0.25) is 0 Å². The molecule has 0 unspecified atom stereocenters. The van der Waals surface area contributed by atoms with Crippen molar-refractivity contribution in [2.75, 3.05) is 31.3 Å². The number of amides is 1. The predicted octanol–water partition coefficient (Wildman–Crippen LogP) is 2.61. The zero-order chi connectivity index (χ0) is 26.2. The van der Waals surface area contributed by atoms with Gasteiger partial charge in [-0.2, -0.15) is 9.78 Å². The van der Waals surface area contributed by atoms with Crippen LogP contribution in [0.4, 0.5) is 10.5 Å². The van der Waals surface area contributed by atoms with Gasteiger partial charge in [0.15, 0.2) is 0 Å². The number of carbonyl (C=O) groups excluding carboxylic acids is 2. The third-order valence-corrected chi connectivity index (χ3v) is 6.01.